The molecule has 0 saturated carbocycles. The van der Waals surface area contributed by atoms with E-state index in [2.05, 4.69) is 16.4 Å². The van der Waals surface area contributed by atoms with Crippen molar-refractivity contribution in [3.8, 4) is 17.5 Å². The standard InChI is InChI=1S/C16H11N3O3/c1-9-6-10(8-17)7-13-14(9)22-15(19-13)11-2-4-12(5-3-11)18-16(20)21/h2-7,18H,1H3,(H,20,21). The molecular weight excluding hydrogens is 282 g/mol. The van der Waals surface area contributed by atoms with Crippen LogP contribution in [0.2, 0.25) is 0 Å². The van der Waals surface area contributed by atoms with E-state index in [1.165, 1.54) is 0 Å². The fourth-order valence-corrected chi connectivity index (χ4v) is 2.21. The summed E-state index contributed by atoms with van der Waals surface area (Å²) in [5, 5.41) is 19.9. The number of amides is 1. The van der Waals surface area contributed by atoms with Crippen molar-refractivity contribution in [1.82, 2.24) is 4.98 Å². The van der Waals surface area contributed by atoms with Gasteiger partial charge in [0.1, 0.15) is 5.52 Å². The van der Waals surface area contributed by atoms with Gasteiger partial charge in [0.2, 0.25) is 5.89 Å². The fourth-order valence-electron chi connectivity index (χ4n) is 2.21. The fraction of sp³-hybridized carbons (Fsp3) is 0.0625. The number of nitrogens with one attached hydrogen (secondary N) is 1. The molecule has 1 heterocycles. The van der Waals surface area contributed by atoms with E-state index in [9.17, 15) is 4.79 Å². The first-order chi connectivity index (χ1) is 10.6. The molecule has 0 spiro atoms. The van der Waals surface area contributed by atoms with Gasteiger partial charge in [-0.05, 0) is 48.9 Å². The SMILES string of the molecule is Cc1cc(C#N)cc2nc(-c3ccc(NC(=O)O)cc3)oc12. The van der Waals surface area contributed by atoms with E-state index in [1.54, 1.807) is 36.4 Å². The molecule has 0 aliphatic heterocycles. The van der Waals surface area contributed by atoms with Crippen molar-refractivity contribution < 1.29 is 14.3 Å². The van der Waals surface area contributed by atoms with Gasteiger partial charge in [-0.2, -0.15) is 5.26 Å². The Kier molecular flexibility index (Phi) is 3.24. The number of nitriles is 1. The Balaban J connectivity index is 2.01. The lowest BCUT2D eigenvalue weighted by Crippen LogP contribution is -2.06. The molecule has 0 aliphatic rings. The minimum atomic E-state index is -1.12. The van der Waals surface area contributed by atoms with Crippen LogP contribution < -0.4 is 5.32 Å². The Hall–Kier alpha value is -3.33. The Bertz CT molecular complexity index is 905. The Labute approximate surface area is 125 Å². The lowest BCUT2D eigenvalue weighted by Gasteiger charge is -2.00. The number of fused-ring (bicyclic) bond motifs is 1. The summed E-state index contributed by atoms with van der Waals surface area (Å²) in [5.41, 5.74) is 3.84. The number of hydrogen-bond acceptors (Lipinski definition) is 4. The number of nitrogens with zero attached hydrogens (tertiary/aromatic N) is 2. The molecule has 0 fully saturated rings. The number of oxazole rings is 1. The second kappa shape index (κ2) is 5.22. The van der Waals surface area contributed by atoms with Gasteiger partial charge in [0.05, 0.1) is 11.6 Å². The summed E-state index contributed by atoms with van der Waals surface area (Å²) in [4.78, 5) is 15.0. The third-order valence-electron chi connectivity index (χ3n) is 3.19. The minimum Gasteiger partial charge on any atom is -0.465 e. The summed E-state index contributed by atoms with van der Waals surface area (Å²) in [6, 6.07) is 12.2. The first-order valence-corrected chi connectivity index (χ1v) is 6.48. The summed E-state index contributed by atoms with van der Waals surface area (Å²) in [5.74, 6) is 0.426. The highest BCUT2D eigenvalue weighted by molar-refractivity contribution is 5.84. The van der Waals surface area contributed by atoms with Gasteiger partial charge in [-0.25, -0.2) is 9.78 Å². The topological polar surface area (TPSA) is 99.2 Å². The molecule has 0 bridgehead atoms. The van der Waals surface area contributed by atoms with Crippen molar-refractivity contribution in [3.63, 3.8) is 0 Å². The molecule has 3 aromatic rings. The van der Waals surface area contributed by atoms with Crippen LogP contribution in [0.15, 0.2) is 40.8 Å². The van der Waals surface area contributed by atoms with E-state index < -0.39 is 6.09 Å². The van der Waals surface area contributed by atoms with Crippen LogP contribution in [0.5, 0.6) is 0 Å². The molecule has 2 N–H and O–H groups in total. The summed E-state index contributed by atoms with van der Waals surface area (Å²) >= 11 is 0. The number of benzene rings is 2. The molecule has 2 aromatic carbocycles. The number of aryl methyl sites for hydroxylation is 1. The van der Waals surface area contributed by atoms with Gasteiger partial charge in [0, 0.05) is 11.3 Å². The van der Waals surface area contributed by atoms with Crippen LogP contribution in [-0.4, -0.2) is 16.2 Å². The first-order valence-electron chi connectivity index (χ1n) is 6.48. The van der Waals surface area contributed by atoms with Crippen LogP contribution in [0.25, 0.3) is 22.6 Å². The molecule has 108 valence electrons. The van der Waals surface area contributed by atoms with Crippen LogP contribution in [0.4, 0.5) is 10.5 Å². The maximum Gasteiger partial charge on any atom is 0.409 e. The average molecular weight is 293 g/mol. The Morgan fingerprint density at radius 3 is 2.68 bits per heavy atom. The molecule has 22 heavy (non-hydrogen) atoms. The molecule has 0 saturated heterocycles. The van der Waals surface area contributed by atoms with Crippen LogP contribution in [0, 0.1) is 18.3 Å². The van der Waals surface area contributed by atoms with Gasteiger partial charge in [-0.3, -0.25) is 5.32 Å². The maximum atomic E-state index is 10.6. The van der Waals surface area contributed by atoms with Gasteiger partial charge < -0.3 is 9.52 Å². The monoisotopic (exact) mass is 293 g/mol. The van der Waals surface area contributed by atoms with Gasteiger partial charge in [0.15, 0.2) is 5.58 Å². The molecule has 1 aromatic heterocycles. The minimum absolute atomic E-state index is 0.426. The van der Waals surface area contributed by atoms with Gasteiger partial charge in [-0.1, -0.05) is 0 Å². The van der Waals surface area contributed by atoms with Crippen molar-refractivity contribution in [2.45, 2.75) is 6.92 Å². The van der Waals surface area contributed by atoms with Crippen LogP contribution in [0.3, 0.4) is 0 Å². The van der Waals surface area contributed by atoms with Crippen molar-refractivity contribution in [2.24, 2.45) is 0 Å². The van der Waals surface area contributed by atoms with Crippen LogP contribution in [0.1, 0.15) is 11.1 Å². The van der Waals surface area contributed by atoms with Crippen molar-refractivity contribution in [1.29, 1.82) is 5.26 Å². The molecular formula is C16H11N3O3. The zero-order valence-electron chi connectivity index (χ0n) is 11.6. The number of aromatic nitrogens is 1. The maximum absolute atomic E-state index is 10.6. The van der Waals surface area contributed by atoms with Crippen molar-refractivity contribution in [2.75, 3.05) is 5.32 Å². The normalized spacial score (nSPS) is 10.4. The van der Waals surface area contributed by atoms with Crippen molar-refractivity contribution in [3.05, 3.63) is 47.5 Å². The van der Waals surface area contributed by atoms with Gasteiger partial charge >= 0.3 is 6.09 Å². The number of carbonyl (C=O) groups is 1. The van der Waals surface area contributed by atoms with E-state index in [4.69, 9.17) is 14.8 Å². The molecule has 6 nitrogen and oxygen atoms in total. The van der Waals surface area contributed by atoms with Gasteiger partial charge in [-0.15, -0.1) is 0 Å². The predicted molar refractivity (Wildman–Crippen MR) is 80.5 cm³/mol. The molecule has 1 amide bonds. The van der Waals surface area contributed by atoms with Gasteiger partial charge in [0.25, 0.3) is 0 Å². The molecule has 0 unspecified atom stereocenters. The number of hydrogen-bond donors (Lipinski definition) is 2. The summed E-state index contributed by atoms with van der Waals surface area (Å²) in [7, 11) is 0. The third-order valence-corrected chi connectivity index (χ3v) is 3.19. The number of carboxylic acid groups (broad SMARTS) is 1. The van der Waals surface area contributed by atoms with E-state index in [0.717, 1.165) is 11.1 Å². The Morgan fingerprint density at radius 2 is 2.05 bits per heavy atom. The molecule has 0 radical (unpaired) electrons. The van der Waals surface area contributed by atoms with E-state index in [-0.39, 0.29) is 0 Å². The van der Waals surface area contributed by atoms with E-state index >= 15 is 0 Å². The lowest BCUT2D eigenvalue weighted by atomic mass is 10.1. The van der Waals surface area contributed by atoms with Crippen LogP contribution in [-0.2, 0) is 0 Å². The highest BCUT2D eigenvalue weighted by atomic mass is 16.4. The smallest absolute Gasteiger partial charge is 0.409 e. The number of rotatable bonds is 2. The van der Waals surface area contributed by atoms with Crippen LogP contribution >= 0.6 is 0 Å². The second-order valence-corrected chi connectivity index (χ2v) is 4.78. The summed E-state index contributed by atoms with van der Waals surface area (Å²) in [6.07, 6.45) is -1.12. The quantitative estimate of drug-likeness (QED) is 0.749. The molecule has 3 rings (SSSR count). The Morgan fingerprint density at radius 1 is 1.32 bits per heavy atom. The van der Waals surface area contributed by atoms with E-state index in [1.807, 2.05) is 6.92 Å². The van der Waals surface area contributed by atoms with Crippen molar-refractivity contribution >= 4 is 22.9 Å². The number of anilines is 1. The molecule has 6 heteroatoms. The summed E-state index contributed by atoms with van der Waals surface area (Å²) in [6.45, 7) is 1.86. The summed E-state index contributed by atoms with van der Waals surface area (Å²) < 4.78 is 5.75. The highest BCUT2D eigenvalue weighted by Crippen LogP contribution is 2.28. The lowest BCUT2D eigenvalue weighted by molar-refractivity contribution is 0.210. The van der Waals surface area contributed by atoms with E-state index in [0.29, 0.717) is 28.2 Å². The largest absolute Gasteiger partial charge is 0.465 e. The third kappa shape index (κ3) is 2.47. The highest BCUT2D eigenvalue weighted by Gasteiger charge is 2.11. The molecule has 0 atom stereocenters. The average Bonchev–Trinajstić information content (AvgIpc) is 2.92. The zero-order valence-corrected chi connectivity index (χ0v) is 11.6. The predicted octanol–water partition coefficient (Wildman–Crippen LogP) is 3.76. The molecule has 0 aliphatic carbocycles. The first kappa shape index (κ1) is 13.6. The second-order valence-electron chi connectivity index (χ2n) is 4.78. The zero-order chi connectivity index (χ0) is 15.7.